The number of carboxylic acid groups (broad SMARTS) is 1. The molecule has 3 heteroatoms. The molecular weight excluding hydrogens is 382 g/mol. The largest absolute Gasteiger partial charge is 0.478 e. The molecule has 2 aromatic carbocycles. The van der Waals surface area contributed by atoms with Gasteiger partial charge in [0, 0.05) is 5.56 Å². The molecule has 1 aliphatic rings. The van der Waals surface area contributed by atoms with Crippen LogP contribution in [0.2, 0.25) is 0 Å². The lowest BCUT2D eigenvalue weighted by molar-refractivity contribution is -0.926. The van der Waals surface area contributed by atoms with Crippen molar-refractivity contribution in [2.24, 2.45) is 0 Å². The minimum absolute atomic E-state index is 0.354. The summed E-state index contributed by atoms with van der Waals surface area (Å²) in [6.45, 7) is 12.8. The van der Waals surface area contributed by atoms with Crippen LogP contribution < -0.4 is 0 Å². The molecule has 1 N–H and O–H groups in total. The number of rotatable bonds is 7. The van der Waals surface area contributed by atoms with Crippen molar-refractivity contribution in [2.45, 2.75) is 78.2 Å². The van der Waals surface area contributed by atoms with Crippen molar-refractivity contribution in [2.75, 3.05) is 20.1 Å². The van der Waals surface area contributed by atoms with Gasteiger partial charge in [-0.25, -0.2) is 4.79 Å². The number of carbonyl (C=O) groups is 1. The summed E-state index contributed by atoms with van der Waals surface area (Å²) in [4.78, 5) is 10.6. The summed E-state index contributed by atoms with van der Waals surface area (Å²) in [5.74, 6) is 0.329. The van der Waals surface area contributed by atoms with E-state index in [1.54, 1.807) is 12.1 Å². The van der Waals surface area contributed by atoms with Crippen molar-refractivity contribution in [1.29, 1.82) is 0 Å². The summed E-state index contributed by atoms with van der Waals surface area (Å²) in [6, 6.07) is 16.4. The highest BCUT2D eigenvalue weighted by Crippen LogP contribution is 2.24. The van der Waals surface area contributed by atoms with Crippen molar-refractivity contribution in [1.82, 2.24) is 0 Å². The predicted molar refractivity (Wildman–Crippen MR) is 131 cm³/mol. The molecular formula is C28H42NO2+. The van der Waals surface area contributed by atoms with Gasteiger partial charge in [-0.1, -0.05) is 58.0 Å². The summed E-state index contributed by atoms with van der Waals surface area (Å²) in [7, 11) is 2.43. The molecule has 0 amide bonds. The zero-order valence-corrected chi connectivity index (χ0v) is 20.2. The standard InChI is InChI=1S/C17H28N.C11H14O2/c1-4-15(2)17-10-8-9-16(13-17)14-18(3)11-6-5-7-12-18;1-3-8(2)9-4-6-10(7-5-9)11(12)13/h8-10,13,15H,4-7,11-12,14H2,1-3H3;4-8H,3H2,1-2H3,(H,12,13)/q+1;. The molecule has 0 radical (unpaired) electrons. The lowest BCUT2D eigenvalue weighted by Gasteiger charge is -2.38. The van der Waals surface area contributed by atoms with Gasteiger partial charge in [-0.05, 0) is 73.3 Å². The highest BCUT2D eigenvalue weighted by molar-refractivity contribution is 5.87. The highest BCUT2D eigenvalue weighted by Gasteiger charge is 2.25. The van der Waals surface area contributed by atoms with Crippen LogP contribution in [-0.2, 0) is 6.54 Å². The molecule has 31 heavy (non-hydrogen) atoms. The Morgan fingerprint density at radius 3 is 2.03 bits per heavy atom. The normalized spacial score (nSPS) is 17.2. The molecule has 2 unspecified atom stereocenters. The summed E-state index contributed by atoms with van der Waals surface area (Å²) in [6.07, 6.45) is 6.55. The van der Waals surface area contributed by atoms with Crippen molar-refractivity contribution in [3.8, 4) is 0 Å². The van der Waals surface area contributed by atoms with Crippen molar-refractivity contribution >= 4 is 5.97 Å². The summed E-state index contributed by atoms with van der Waals surface area (Å²) in [5, 5.41) is 8.67. The van der Waals surface area contributed by atoms with Crippen molar-refractivity contribution in [3.63, 3.8) is 0 Å². The molecule has 3 rings (SSSR count). The van der Waals surface area contributed by atoms with E-state index < -0.39 is 5.97 Å². The van der Waals surface area contributed by atoms with Crippen LogP contribution in [0.15, 0.2) is 48.5 Å². The summed E-state index contributed by atoms with van der Waals surface area (Å²) < 4.78 is 1.24. The van der Waals surface area contributed by atoms with E-state index in [1.165, 1.54) is 66.5 Å². The molecule has 0 bridgehead atoms. The third-order valence-corrected chi connectivity index (χ3v) is 6.93. The fourth-order valence-electron chi connectivity index (χ4n) is 4.30. The molecule has 2 atom stereocenters. The van der Waals surface area contributed by atoms with Crippen LogP contribution in [0.5, 0.6) is 0 Å². The lowest BCUT2D eigenvalue weighted by Crippen LogP contribution is -2.46. The second-order valence-corrected chi connectivity index (χ2v) is 9.58. The molecule has 1 heterocycles. The number of carboxylic acids is 1. The van der Waals surface area contributed by atoms with Gasteiger partial charge in [0.05, 0.1) is 25.7 Å². The van der Waals surface area contributed by atoms with Crippen molar-refractivity contribution in [3.05, 3.63) is 70.8 Å². The molecule has 170 valence electrons. The number of benzene rings is 2. The lowest BCUT2D eigenvalue weighted by atomic mass is 9.96. The molecule has 2 aromatic rings. The molecule has 1 saturated heterocycles. The van der Waals surface area contributed by atoms with E-state index in [2.05, 4.69) is 59.0 Å². The van der Waals surface area contributed by atoms with E-state index in [4.69, 9.17) is 5.11 Å². The first kappa shape index (κ1) is 25.1. The van der Waals surface area contributed by atoms with Crippen LogP contribution in [0.4, 0.5) is 0 Å². The van der Waals surface area contributed by atoms with Gasteiger partial charge in [-0.2, -0.15) is 0 Å². The second-order valence-electron chi connectivity index (χ2n) is 9.58. The number of likely N-dealkylation sites (tertiary alicyclic amines) is 1. The topological polar surface area (TPSA) is 37.3 Å². The van der Waals surface area contributed by atoms with E-state index in [-0.39, 0.29) is 0 Å². The predicted octanol–water partition coefficient (Wildman–Crippen LogP) is 7.23. The van der Waals surface area contributed by atoms with E-state index in [1.807, 2.05) is 12.1 Å². The van der Waals surface area contributed by atoms with Gasteiger partial charge in [-0.3, -0.25) is 0 Å². The van der Waals surface area contributed by atoms with Crippen LogP contribution in [0, 0.1) is 0 Å². The molecule has 0 aromatic heterocycles. The van der Waals surface area contributed by atoms with Crippen LogP contribution in [0.25, 0.3) is 0 Å². The van der Waals surface area contributed by atoms with Crippen LogP contribution in [0.3, 0.4) is 0 Å². The van der Waals surface area contributed by atoms with E-state index in [0.717, 1.165) is 6.42 Å². The van der Waals surface area contributed by atoms with E-state index in [9.17, 15) is 4.79 Å². The number of aromatic carboxylic acids is 1. The van der Waals surface area contributed by atoms with Gasteiger partial charge in [0.2, 0.25) is 0 Å². The van der Waals surface area contributed by atoms with Gasteiger partial charge < -0.3 is 9.59 Å². The third kappa shape index (κ3) is 7.81. The second kappa shape index (κ2) is 12.0. The Hall–Kier alpha value is -2.13. The van der Waals surface area contributed by atoms with Gasteiger partial charge in [0.25, 0.3) is 0 Å². The zero-order valence-electron chi connectivity index (χ0n) is 20.2. The zero-order chi connectivity index (χ0) is 22.9. The number of hydrogen-bond donors (Lipinski definition) is 1. The van der Waals surface area contributed by atoms with E-state index >= 15 is 0 Å². The summed E-state index contributed by atoms with van der Waals surface area (Å²) >= 11 is 0. The molecule has 1 fully saturated rings. The minimum atomic E-state index is -0.865. The summed E-state index contributed by atoms with van der Waals surface area (Å²) in [5.41, 5.74) is 4.59. The minimum Gasteiger partial charge on any atom is -0.478 e. The van der Waals surface area contributed by atoms with E-state index in [0.29, 0.717) is 17.4 Å². The van der Waals surface area contributed by atoms with Crippen molar-refractivity contribution < 1.29 is 14.4 Å². The third-order valence-electron chi connectivity index (χ3n) is 6.93. The Morgan fingerprint density at radius 1 is 0.903 bits per heavy atom. The van der Waals surface area contributed by atoms with Crippen LogP contribution in [0.1, 0.15) is 98.7 Å². The average molecular weight is 425 g/mol. The number of piperidine rings is 1. The first-order valence-electron chi connectivity index (χ1n) is 12.0. The maximum absolute atomic E-state index is 10.6. The Morgan fingerprint density at radius 2 is 1.48 bits per heavy atom. The first-order valence-corrected chi connectivity index (χ1v) is 12.0. The monoisotopic (exact) mass is 424 g/mol. The highest BCUT2D eigenvalue weighted by atomic mass is 16.4. The van der Waals surface area contributed by atoms with Gasteiger partial charge in [-0.15, -0.1) is 0 Å². The Balaban J connectivity index is 0.000000233. The van der Waals surface area contributed by atoms with Gasteiger partial charge in [0.1, 0.15) is 6.54 Å². The average Bonchev–Trinajstić information content (AvgIpc) is 2.78. The first-order chi connectivity index (χ1) is 14.8. The van der Waals surface area contributed by atoms with Crippen LogP contribution in [-0.4, -0.2) is 35.7 Å². The number of quaternary nitrogens is 1. The smallest absolute Gasteiger partial charge is 0.335 e. The molecule has 0 spiro atoms. The molecule has 1 aliphatic heterocycles. The van der Waals surface area contributed by atoms with Gasteiger partial charge in [0.15, 0.2) is 0 Å². The Labute approximate surface area is 189 Å². The maximum Gasteiger partial charge on any atom is 0.335 e. The fraction of sp³-hybridized carbons (Fsp3) is 0.536. The van der Waals surface area contributed by atoms with Gasteiger partial charge >= 0.3 is 5.97 Å². The fourth-order valence-corrected chi connectivity index (χ4v) is 4.30. The SMILES string of the molecule is CCC(C)c1ccc(C(=O)O)cc1.CCC(C)c1cccc(C[N+]2(C)CCCCC2)c1. The Bertz CT molecular complexity index is 806. The van der Waals surface area contributed by atoms with Crippen LogP contribution >= 0.6 is 0 Å². The molecule has 0 saturated carbocycles. The molecule has 0 aliphatic carbocycles. The molecule has 3 nitrogen and oxygen atoms in total. The number of nitrogens with zero attached hydrogens (tertiary/aromatic N) is 1. The number of hydrogen-bond acceptors (Lipinski definition) is 1. The quantitative estimate of drug-likeness (QED) is 0.476. The Kier molecular flexibility index (Phi) is 9.77. The maximum atomic E-state index is 10.6.